The maximum absolute atomic E-state index is 9.81. The van der Waals surface area contributed by atoms with Gasteiger partial charge in [0.05, 0.1) is 6.26 Å². The standard InChI is InChI=1S/C27H27NO3/c1-3-25(21-8-13-26-22(18-21)14-16-31-26)27(19-4-9-23(29)10-5-19)20-6-11-24(12-7-20)30-17-15-28-2/h4-14,16,18,28-29H,3,15,17H2,1-2H3/b27-25+. The van der Waals surface area contributed by atoms with E-state index in [0.29, 0.717) is 6.61 Å². The molecule has 0 spiro atoms. The molecule has 0 aliphatic carbocycles. The lowest BCUT2D eigenvalue weighted by Gasteiger charge is -2.17. The molecule has 31 heavy (non-hydrogen) atoms. The summed E-state index contributed by atoms with van der Waals surface area (Å²) in [5.41, 5.74) is 6.59. The van der Waals surface area contributed by atoms with E-state index in [-0.39, 0.29) is 5.75 Å². The average molecular weight is 414 g/mol. The first-order chi connectivity index (χ1) is 15.2. The van der Waals surface area contributed by atoms with Crippen LogP contribution < -0.4 is 10.1 Å². The number of phenolic OH excluding ortho intramolecular Hbond substituents is 1. The predicted octanol–water partition coefficient (Wildman–Crippen LogP) is 6.11. The lowest BCUT2D eigenvalue weighted by Crippen LogP contribution is -2.15. The van der Waals surface area contributed by atoms with Crippen molar-refractivity contribution < 1.29 is 14.3 Å². The third kappa shape index (κ3) is 4.65. The molecule has 158 valence electrons. The van der Waals surface area contributed by atoms with Gasteiger partial charge in [0.15, 0.2) is 0 Å². The predicted molar refractivity (Wildman–Crippen MR) is 126 cm³/mol. The van der Waals surface area contributed by atoms with E-state index >= 15 is 0 Å². The van der Waals surface area contributed by atoms with Crippen LogP contribution in [0.1, 0.15) is 30.0 Å². The molecule has 4 heteroatoms. The molecule has 3 aromatic carbocycles. The first kappa shape index (κ1) is 20.8. The molecular formula is C27H27NO3. The second-order valence-corrected chi connectivity index (χ2v) is 7.40. The highest BCUT2D eigenvalue weighted by Gasteiger charge is 2.14. The van der Waals surface area contributed by atoms with Crippen LogP contribution in [0.5, 0.6) is 11.5 Å². The van der Waals surface area contributed by atoms with Crippen LogP contribution in [0.4, 0.5) is 0 Å². The Morgan fingerprint density at radius 3 is 2.26 bits per heavy atom. The number of benzene rings is 3. The van der Waals surface area contributed by atoms with E-state index in [2.05, 4.69) is 36.5 Å². The molecule has 0 atom stereocenters. The highest BCUT2D eigenvalue weighted by atomic mass is 16.5. The number of hydrogen-bond donors (Lipinski definition) is 2. The number of phenols is 1. The summed E-state index contributed by atoms with van der Waals surface area (Å²) in [5, 5.41) is 14.0. The monoisotopic (exact) mass is 413 g/mol. The Balaban J connectivity index is 1.82. The number of hydrogen-bond acceptors (Lipinski definition) is 4. The van der Waals surface area contributed by atoms with E-state index in [4.69, 9.17) is 9.15 Å². The van der Waals surface area contributed by atoms with E-state index in [1.54, 1.807) is 18.4 Å². The van der Waals surface area contributed by atoms with Crippen molar-refractivity contribution in [2.45, 2.75) is 13.3 Å². The molecule has 0 saturated carbocycles. The summed E-state index contributed by atoms with van der Waals surface area (Å²) in [6, 6.07) is 23.9. The van der Waals surface area contributed by atoms with E-state index in [1.165, 1.54) is 5.57 Å². The van der Waals surface area contributed by atoms with Gasteiger partial charge in [0, 0.05) is 11.9 Å². The quantitative estimate of drug-likeness (QED) is 0.270. The largest absolute Gasteiger partial charge is 0.508 e. The third-order valence-corrected chi connectivity index (χ3v) is 5.38. The molecule has 0 saturated heterocycles. The van der Waals surface area contributed by atoms with Gasteiger partial charge in [0.25, 0.3) is 0 Å². The lowest BCUT2D eigenvalue weighted by molar-refractivity contribution is 0.318. The molecule has 0 aliphatic rings. The molecule has 0 bridgehead atoms. The second-order valence-electron chi connectivity index (χ2n) is 7.40. The Morgan fingerprint density at radius 2 is 1.58 bits per heavy atom. The fourth-order valence-electron chi connectivity index (χ4n) is 3.81. The fourth-order valence-corrected chi connectivity index (χ4v) is 3.81. The van der Waals surface area contributed by atoms with Crippen LogP contribution in [-0.4, -0.2) is 25.3 Å². The molecule has 0 fully saturated rings. The summed E-state index contributed by atoms with van der Waals surface area (Å²) in [6.45, 7) is 3.60. The number of allylic oxidation sites excluding steroid dienone is 1. The van der Waals surface area contributed by atoms with E-state index in [0.717, 1.165) is 51.9 Å². The Hall–Kier alpha value is -3.50. The molecule has 2 N–H and O–H groups in total. The summed E-state index contributed by atoms with van der Waals surface area (Å²) in [5.74, 6) is 1.11. The number of furan rings is 1. The smallest absolute Gasteiger partial charge is 0.133 e. The Labute approximate surface area is 182 Å². The van der Waals surface area contributed by atoms with Crippen molar-refractivity contribution in [3.8, 4) is 11.5 Å². The summed E-state index contributed by atoms with van der Waals surface area (Å²) < 4.78 is 11.3. The number of aromatic hydroxyl groups is 1. The van der Waals surface area contributed by atoms with Gasteiger partial charge in [-0.3, -0.25) is 0 Å². The number of nitrogens with one attached hydrogen (secondary N) is 1. The van der Waals surface area contributed by atoms with Crippen molar-refractivity contribution in [3.05, 3.63) is 95.7 Å². The van der Waals surface area contributed by atoms with Gasteiger partial charge >= 0.3 is 0 Å². The van der Waals surface area contributed by atoms with Gasteiger partial charge in [0.2, 0.25) is 0 Å². The van der Waals surface area contributed by atoms with Gasteiger partial charge < -0.3 is 19.6 Å². The Bertz CT molecular complexity index is 1170. The summed E-state index contributed by atoms with van der Waals surface area (Å²) >= 11 is 0. The SMILES string of the molecule is CC/C(=C(/c1ccc(O)cc1)c1ccc(OCCNC)cc1)c1ccc2occc2c1. The van der Waals surface area contributed by atoms with Crippen LogP contribution in [0.2, 0.25) is 0 Å². The highest BCUT2D eigenvalue weighted by Crippen LogP contribution is 2.36. The maximum Gasteiger partial charge on any atom is 0.133 e. The molecule has 0 radical (unpaired) electrons. The zero-order valence-electron chi connectivity index (χ0n) is 17.9. The van der Waals surface area contributed by atoms with Crippen molar-refractivity contribution in [2.75, 3.05) is 20.2 Å². The first-order valence-corrected chi connectivity index (χ1v) is 10.6. The summed E-state index contributed by atoms with van der Waals surface area (Å²) in [6.07, 6.45) is 2.58. The van der Waals surface area contributed by atoms with Gasteiger partial charge in [0.1, 0.15) is 23.7 Å². The van der Waals surface area contributed by atoms with E-state index in [1.807, 2.05) is 43.4 Å². The Morgan fingerprint density at radius 1 is 0.903 bits per heavy atom. The van der Waals surface area contributed by atoms with Crippen molar-refractivity contribution in [1.29, 1.82) is 0 Å². The summed E-state index contributed by atoms with van der Waals surface area (Å²) in [7, 11) is 1.91. The van der Waals surface area contributed by atoms with Crippen LogP contribution in [0.25, 0.3) is 22.1 Å². The molecule has 0 amide bonds. The van der Waals surface area contributed by atoms with Crippen LogP contribution in [0, 0.1) is 0 Å². The number of rotatable bonds is 8. The van der Waals surface area contributed by atoms with Gasteiger partial charge in [-0.25, -0.2) is 0 Å². The van der Waals surface area contributed by atoms with Crippen molar-refractivity contribution >= 4 is 22.1 Å². The maximum atomic E-state index is 9.81. The molecular weight excluding hydrogens is 386 g/mol. The molecule has 4 aromatic rings. The second kappa shape index (κ2) is 9.54. The minimum Gasteiger partial charge on any atom is -0.508 e. The normalized spacial score (nSPS) is 12.1. The molecule has 4 rings (SSSR count). The van der Waals surface area contributed by atoms with Crippen LogP contribution in [0.15, 0.2) is 83.5 Å². The van der Waals surface area contributed by atoms with Gasteiger partial charge in [-0.2, -0.15) is 0 Å². The number of fused-ring (bicyclic) bond motifs is 1. The highest BCUT2D eigenvalue weighted by molar-refractivity contribution is 6.00. The van der Waals surface area contributed by atoms with Crippen molar-refractivity contribution in [3.63, 3.8) is 0 Å². The van der Waals surface area contributed by atoms with Gasteiger partial charge in [-0.05, 0) is 83.8 Å². The minimum atomic E-state index is 0.259. The van der Waals surface area contributed by atoms with Gasteiger partial charge in [-0.15, -0.1) is 0 Å². The van der Waals surface area contributed by atoms with Crippen molar-refractivity contribution in [1.82, 2.24) is 5.32 Å². The topological polar surface area (TPSA) is 54.6 Å². The summed E-state index contributed by atoms with van der Waals surface area (Å²) in [4.78, 5) is 0. The fraction of sp³-hybridized carbons (Fsp3) is 0.185. The lowest BCUT2D eigenvalue weighted by atomic mass is 9.88. The van der Waals surface area contributed by atoms with Crippen LogP contribution in [-0.2, 0) is 0 Å². The van der Waals surface area contributed by atoms with Crippen LogP contribution >= 0.6 is 0 Å². The first-order valence-electron chi connectivity index (χ1n) is 10.6. The van der Waals surface area contributed by atoms with Gasteiger partial charge in [-0.1, -0.05) is 37.3 Å². The number of likely N-dealkylation sites (N-methyl/N-ethyl adjacent to an activating group) is 1. The molecule has 1 heterocycles. The molecule has 4 nitrogen and oxygen atoms in total. The molecule has 0 unspecified atom stereocenters. The van der Waals surface area contributed by atoms with E-state index < -0.39 is 0 Å². The minimum absolute atomic E-state index is 0.259. The zero-order valence-corrected chi connectivity index (χ0v) is 17.9. The Kier molecular flexibility index (Phi) is 6.39. The van der Waals surface area contributed by atoms with Crippen LogP contribution in [0.3, 0.4) is 0 Å². The third-order valence-electron chi connectivity index (χ3n) is 5.38. The van der Waals surface area contributed by atoms with E-state index in [9.17, 15) is 5.11 Å². The zero-order chi connectivity index (χ0) is 21.6. The average Bonchev–Trinajstić information content (AvgIpc) is 3.27. The number of ether oxygens (including phenoxy) is 1. The molecule has 1 aromatic heterocycles. The van der Waals surface area contributed by atoms with Crippen molar-refractivity contribution in [2.24, 2.45) is 0 Å². The molecule has 0 aliphatic heterocycles.